The van der Waals surface area contributed by atoms with Gasteiger partial charge in [-0.3, -0.25) is 4.79 Å². The first-order valence-electron chi connectivity index (χ1n) is 10.0. The molecule has 0 bridgehead atoms. The zero-order valence-electron chi connectivity index (χ0n) is 15.3. The van der Waals surface area contributed by atoms with Crippen LogP contribution in [0.4, 0.5) is 0 Å². The number of carbonyl (C=O) groups is 1. The number of hydrogen-bond donors (Lipinski definition) is 2. The third kappa shape index (κ3) is 2.27. The van der Waals surface area contributed by atoms with Gasteiger partial charge in [-0.1, -0.05) is 25.0 Å². The molecule has 0 spiro atoms. The summed E-state index contributed by atoms with van der Waals surface area (Å²) in [4.78, 5) is 12.2. The Bertz CT molecular complexity index is 570. The normalized spacial score (nSPS) is 51.0. The first-order chi connectivity index (χ1) is 11.4. The van der Waals surface area contributed by atoms with E-state index >= 15 is 0 Å². The highest BCUT2D eigenvalue weighted by atomic mass is 16.3. The summed E-state index contributed by atoms with van der Waals surface area (Å²) < 4.78 is 0. The number of aliphatic hydroxyl groups excluding tert-OH is 1. The Morgan fingerprint density at radius 3 is 2.71 bits per heavy atom. The van der Waals surface area contributed by atoms with Crippen molar-refractivity contribution in [3.05, 3.63) is 11.6 Å². The summed E-state index contributed by atoms with van der Waals surface area (Å²) in [6.45, 7) is 4.19. The fraction of sp³-hybridized carbons (Fsp3) is 0.857. The number of nitrogens with two attached hydrogens (primary N) is 1. The van der Waals surface area contributed by atoms with Gasteiger partial charge in [0.1, 0.15) is 5.78 Å². The lowest BCUT2D eigenvalue weighted by molar-refractivity contribution is -0.130. The second kappa shape index (κ2) is 5.67. The third-order valence-corrected chi connectivity index (χ3v) is 8.41. The van der Waals surface area contributed by atoms with Crippen LogP contribution in [0.5, 0.6) is 0 Å². The molecule has 3 saturated carbocycles. The predicted molar refractivity (Wildman–Crippen MR) is 95.3 cm³/mol. The van der Waals surface area contributed by atoms with E-state index in [4.69, 9.17) is 5.73 Å². The predicted octanol–water partition coefficient (Wildman–Crippen LogP) is 3.60. The zero-order chi connectivity index (χ0) is 17.1. The van der Waals surface area contributed by atoms with Crippen LogP contribution in [0, 0.1) is 29.1 Å². The van der Waals surface area contributed by atoms with E-state index in [1.54, 1.807) is 6.92 Å². The molecule has 3 N–H and O–H groups in total. The van der Waals surface area contributed by atoms with Crippen molar-refractivity contribution in [3.63, 3.8) is 0 Å². The van der Waals surface area contributed by atoms with Gasteiger partial charge in [-0.05, 0) is 81.5 Å². The van der Waals surface area contributed by atoms with Gasteiger partial charge >= 0.3 is 0 Å². The molecule has 4 aliphatic carbocycles. The van der Waals surface area contributed by atoms with E-state index in [1.807, 2.05) is 0 Å². The summed E-state index contributed by atoms with van der Waals surface area (Å²) in [5, 5.41) is 10.0. The Morgan fingerprint density at radius 1 is 1.17 bits per heavy atom. The van der Waals surface area contributed by atoms with Crippen LogP contribution >= 0.6 is 0 Å². The molecule has 0 heterocycles. The van der Waals surface area contributed by atoms with Crippen LogP contribution in [0.15, 0.2) is 11.6 Å². The van der Waals surface area contributed by atoms with Gasteiger partial charge < -0.3 is 10.8 Å². The average molecular weight is 332 g/mol. The number of carbonyl (C=O) groups excluding carboxylic acids is 1. The number of aliphatic hydroxyl groups is 1. The van der Waals surface area contributed by atoms with Crippen molar-refractivity contribution in [2.24, 2.45) is 34.8 Å². The third-order valence-electron chi connectivity index (χ3n) is 8.41. The number of hydrogen-bond acceptors (Lipinski definition) is 3. The molecule has 0 aromatic carbocycles. The molecule has 0 amide bonds. The number of ketones is 1. The minimum atomic E-state index is -0.253. The first-order valence-corrected chi connectivity index (χ1v) is 10.0. The standard InChI is InChI=1S/C21H33NO2/c1-13(23)17-4-3-5-19-16-7-6-14-12-15(24)8-10-20(14,2)18(16)9-11-21(17,19)22/h12,15-19,24H,3-11,22H2,1-2H3/t15-,16?,17+,18?,19?,20-,21-/m1/s1. The van der Waals surface area contributed by atoms with Crippen molar-refractivity contribution in [2.75, 3.05) is 0 Å². The second-order valence-corrected chi connectivity index (χ2v) is 9.38. The maximum absolute atomic E-state index is 12.2. The van der Waals surface area contributed by atoms with E-state index in [0.717, 1.165) is 44.9 Å². The summed E-state index contributed by atoms with van der Waals surface area (Å²) in [5.74, 6) is 2.27. The van der Waals surface area contributed by atoms with Gasteiger partial charge in [0.15, 0.2) is 0 Å². The molecule has 0 saturated heterocycles. The summed E-state index contributed by atoms with van der Waals surface area (Å²) in [6, 6.07) is 0. The minimum absolute atomic E-state index is 0.0788. The van der Waals surface area contributed by atoms with Gasteiger partial charge in [0.25, 0.3) is 0 Å². The SMILES string of the molecule is CC(=O)[C@@H]1CCCC2C3CCC4=C[C@H](O)CC[C@@]4(C)C3CC[C@]21N. The molecule has 0 radical (unpaired) electrons. The van der Waals surface area contributed by atoms with E-state index in [0.29, 0.717) is 23.5 Å². The summed E-state index contributed by atoms with van der Waals surface area (Å²) in [5.41, 5.74) is 8.48. The first kappa shape index (κ1) is 16.8. The molecular formula is C21H33NO2. The summed E-state index contributed by atoms with van der Waals surface area (Å²) >= 11 is 0. The number of rotatable bonds is 1. The van der Waals surface area contributed by atoms with Gasteiger partial charge in [-0.15, -0.1) is 0 Å². The lowest BCUT2D eigenvalue weighted by Gasteiger charge is -2.61. The average Bonchev–Trinajstić information content (AvgIpc) is 2.54. The molecule has 7 atom stereocenters. The van der Waals surface area contributed by atoms with E-state index in [1.165, 1.54) is 18.4 Å². The van der Waals surface area contributed by atoms with Crippen molar-refractivity contribution in [3.8, 4) is 0 Å². The van der Waals surface area contributed by atoms with Gasteiger partial charge in [-0.25, -0.2) is 0 Å². The number of fused-ring (bicyclic) bond motifs is 5. The Morgan fingerprint density at radius 2 is 1.96 bits per heavy atom. The molecule has 0 aromatic rings. The van der Waals surface area contributed by atoms with Gasteiger partial charge in [0.2, 0.25) is 0 Å². The summed E-state index contributed by atoms with van der Waals surface area (Å²) in [6.07, 6.45) is 11.8. The molecule has 3 unspecified atom stereocenters. The van der Waals surface area contributed by atoms with E-state index in [2.05, 4.69) is 13.0 Å². The van der Waals surface area contributed by atoms with Gasteiger partial charge in [0.05, 0.1) is 6.10 Å². The molecule has 3 fully saturated rings. The Kier molecular flexibility index (Phi) is 3.96. The fourth-order valence-corrected chi connectivity index (χ4v) is 7.21. The molecule has 3 nitrogen and oxygen atoms in total. The van der Waals surface area contributed by atoms with Crippen LogP contribution in [0.1, 0.15) is 71.6 Å². The molecule has 4 rings (SSSR count). The topological polar surface area (TPSA) is 63.3 Å². The molecule has 4 aliphatic rings. The van der Waals surface area contributed by atoms with Crippen LogP contribution in [0.2, 0.25) is 0 Å². The van der Waals surface area contributed by atoms with Crippen LogP contribution in [0.3, 0.4) is 0 Å². The highest BCUT2D eigenvalue weighted by Crippen LogP contribution is 2.62. The van der Waals surface area contributed by atoms with Crippen molar-refractivity contribution >= 4 is 5.78 Å². The van der Waals surface area contributed by atoms with Crippen LogP contribution < -0.4 is 5.73 Å². The zero-order valence-corrected chi connectivity index (χ0v) is 15.3. The minimum Gasteiger partial charge on any atom is -0.389 e. The highest BCUT2D eigenvalue weighted by Gasteiger charge is 2.58. The van der Waals surface area contributed by atoms with Crippen LogP contribution in [-0.2, 0) is 4.79 Å². The Hall–Kier alpha value is -0.670. The fourth-order valence-electron chi connectivity index (χ4n) is 7.21. The summed E-state index contributed by atoms with van der Waals surface area (Å²) in [7, 11) is 0. The van der Waals surface area contributed by atoms with Gasteiger partial charge in [0, 0.05) is 11.5 Å². The second-order valence-electron chi connectivity index (χ2n) is 9.38. The molecular weight excluding hydrogens is 298 g/mol. The quantitative estimate of drug-likeness (QED) is 0.722. The monoisotopic (exact) mass is 331 g/mol. The van der Waals surface area contributed by atoms with Crippen molar-refractivity contribution in [1.29, 1.82) is 0 Å². The highest BCUT2D eigenvalue weighted by molar-refractivity contribution is 5.80. The lowest BCUT2D eigenvalue weighted by Crippen LogP contribution is -2.64. The van der Waals surface area contributed by atoms with E-state index in [9.17, 15) is 9.90 Å². The van der Waals surface area contributed by atoms with Crippen LogP contribution in [0.25, 0.3) is 0 Å². The molecule has 24 heavy (non-hydrogen) atoms. The Labute approximate surface area is 146 Å². The van der Waals surface area contributed by atoms with Crippen LogP contribution in [-0.4, -0.2) is 22.5 Å². The van der Waals surface area contributed by atoms with Crippen molar-refractivity contribution in [1.82, 2.24) is 0 Å². The largest absolute Gasteiger partial charge is 0.389 e. The molecule has 134 valence electrons. The maximum Gasteiger partial charge on any atom is 0.134 e. The molecule has 0 aliphatic heterocycles. The Balaban J connectivity index is 1.67. The smallest absolute Gasteiger partial charge is 0.134 e. The van der Waals surface area contributed by atoms with E-state index in [-0.39, 0.29) is 23.0 Å². The molecule has 3 heteroatoms. The number of Topliss-reactive ketones (excluding diaryl/α,β-unsaturated/α-hetero) is 1. The molecule has 0 aromatic heterocycles. The maximum atomic E-state index is 12.2. The number of allylic oxidation sites excluding steroid dienone is 1. The van der Waals surface area contributed by atoms with Crippen molar-refractivity contribution < 1.29 is 9.90 Å². The van der Waals surface area contributed by atoms with Crippen molar-refractivity contribution in [2.45, 2.75) is 83.3 Å². The lowest BCUT2D eigenvalue weighted by atomic mass is 9.45. The van der Waals surface area contributed by atoms with Gasteiger partial charge in [-0.2, -0.15) is 0 Å². The van der Waals surface area contributed by atoms with E-state index < -0.39 is 0 Å².